The molecule has 0 heterocycles. The highest BCUT2D eigenvalue weighted by atomic mass is 35.5. The van der Waals surface area contributed by atoms with Crippen molar-refractivity contribution in [1.82, 2.24) is 0 Å². The molecule has 0 N–H and O–H groups in total. The first kappa shape index (κ1) is 15.3. The summed E-state index contributed by atoms with van der Waals surface area (Å²) in [6, 6.07) is 10.1. The maximum absolute atomic E-state index is 12.3. The summed E-state index contributed by atoms with van der Waals surface area (Å²) in [6.07, 6.45) is 5.62. The summed E-state index contributed by atoms with van der Waals surface area (Å²) in [4.78, 5) is 12.3. The van der Waals surface area contributed by atoms with Gasteiger partial charge in [0.15, 0.2) is 5.78 Å². The van der Waals surface area contributed by atoms with Crippen molar-refractivity contribution in [2.75, 3.05) is 12.5 Å². The Morgan fingerprint density at radius 2 is 2.05 bits per heavy atom. The lowest BCUT2D eigenvalue weighted by Gasteiger charge is -2.21. The van der Waals surface area contributed by atoms with E-state index in [4.69, 9.17) is 16.3 Å². The molecule has 108 valence electrons. The number of halogens is 1. The van der Waals surface area contributed by atoms with E-state index in [0.29, 0.717) is 19.1 Å². The third-order valence-electron chi connectivity index (χ3n) is 3.60. The van der Waals surface area contributed by atoms with Gasteiger partial charge >= 0.3 is 0 Å². The minimum absolute atomic E-state index is 0.0223. The molecule has 0 amide bonds. The third-order valence-corrected chi connectivity index (χ3v) is 3.87. The minimum Gasteiger partial charge on any atom is -0.376 e. The predicted octanol–water partition coefficient (Wildman–Crippen LogP) is 4.13. The molecule has 1 aromatic rings. The van der Waals surface area contributed by atoms with E-state index < -0.39 is 0 Å². The van der Waals surface area contributed by atoms with Crippen molar-refractivity contribution in [3.05, 3.63) is 47.5 Å². The van der Waals surface area contributed by atoms with Crippen LogP contribution in [-0.4, -0.2) is 18.3 Å². The first-order valence-electron chi connectivity index (χ1n) is 7.22. The molecular weight excluding hydrogens is 272 g/mol. The van der Waals surface area contributed by atoms with E-state index in [2.05, 4.69) is 6.08 Å². The van der Waals surface area contributed by atoms with Crippen molar-refractivity contribution in [3.8, 4) is 0 Å². The van der Waals surface area contributed by atoms with Crippen LogP contribution in [0.1, 0.15) is 31.2 Å². The fraction of sp³-hybridized carbons (Fsp3) is 0.471. The zero-order valence-electron chi connectivity index (χ0n) is 11.7. The predicted molar refractivity (Wildman–Crippen MR) is 81.9 cm³/mol. The van der Waals surface area contributed by atoms with Crippen molar-refractivity contribution in [1.29, 1.82) is 0 Å². The van der Waals surface area contributed by atoms with E-state index in [9.17, 15) is 4.79 Å². The van der Waals surface area contributed by atoms with Gasteiger partial charge in [-0.3, -0.25) is 4.79 Å². The molecule has 0 fully saturated rings. The van der Waals surface area contributed by atoms with Crippen LogP contribution in [-0.2, 0) is 16.1 Å². The molecule has 0 saturated heterocycles. The Morgan fingerprint density at radius 3 is 2.80 bits per heavy atom. The minimum atomic E-state index is 0.0223. The Morgan fingerprint density at radius 1 is 1.25 bits per heavy atom. The molecule has 0 spiro atoms. The maximum atomic E-state index is 12.3. The van der Waals surface area contributed by atoms with E-state index in [1.165, 1.54) is 0 Å². The molecule has 1 unspecified atom stereocenters. The Hall–Kier alpha value is -1.12. The second-order valence-corrected chi connectivity index (χ2v) is 5.54. The standard InChI is InChI=1S/C17H21ClO2/c18-11-5-10-15-8-4-9-16(17(15)19)13-20-12-14-6-2-1-3-7-14/h1-3,6-8,16H,4-5,9-13H2. The van der Waals surface area contributed by atoms with Crippen LogP contribution in [0.4, 0.5) is 0 Å². The van der Waals surface area contributed by atoms with Gasteiger partial charge in [-0.25, -0.2) is 0 Å². The van der Waals surface area contributed by atoms with Gasteiger partial charge in [-0.05, 0) is 36.8 Å². The lowest BCUT2D eigenvalue weighted by atomic mass is 9.86. The largest absolute Gasteiger partial charge is 0.376 e. The van der Waals surface area contributed by atoms with E-state index in [1.54, 1.807) is 0 Å². The summed E-state index contributed by atoms with van der Waals surface area (Å²) in [7, 11) is 0. The summed E-state index contributed by atoms with van der Waals surface area (Å²) in [5, 5.41) is 0. The fourth-order valence-corrected chi connectivity index (χ4v) is 2.62. The summed E-state index contributed by atoms with van der Waals surface area (Å²) in [5.74, 6) is 0.892. The van der Waals surface area contributed by atoms with Crippen LogP contribution in [0.2, 0.25) is 0 Å². The van der Waals surface area contributed by atoms with Gasteiger partial charge < -0.3 is 4.74 Å². The molecule has 0 aromatic heterocycles. The number of hydrogen-bond acceptors (Lipinski definition) is 2. The van der Waals surface area contributed by atoms with Gasteiger partial charge in [0.05, 0.1) is 13.2 Å². The zero-order chi connectivity index (χ0) is 14.2. The summed E-state index contributed by atoms with van der Waals surface area (Å²) in [6.45, 7) is 1.09. The molecular formula is C17H21ClO2. The molecule has 2 nitrogen and oxygen atoms in total. The van der Waals surface area contributed by atoms with Crippen LogP contribution in [0.5, 0.6) is 0 Å². The average molecular weight is 293 g/mol. The van der Waals surface area contributed by atoms with Crippen molar-refractivity contribution in [2.24, 2.45) is 5.92 Å². The molecule has 1 aliphatic rings. The molecule has 20 heavy (non-hydrogen) atoms. The van der Waals surface area contributed by atoms with Crippen LogP contribution in [0, 0.1) is 5.92 Å². The van der Waals surface area contributed by atoms with Crippen LogP contribution < -0.4 is 0 Å². The molecule has 1 atom stereocenters. The van der Waals surface area contributed by atoms with Gasteiger partial charge in [0.25, 0.3) is 0 Å². The number of carbonyl (C=O) groups excluding carboxylic acids is 1. The molecule has 0 aliphatic heterocycles. The lowest BCUT2D eigenvalue weighted by Crippen LogP contribution is -2.25. The number of allylic oxidation sites excluding steroid dienone is 2. The van der Waals surface area contributed by atoms with Crippen molar-refractivity contribution < 1.29 is 9.53 Å². The first-order chi connectivity index (χ1) is 9.81. The maximum Gasteiger partial charge on any atom is 0.163 e. The van der Waals surface area contributed by atoms with Crippen LogP contribution in [0.3, 0.4) is 0 Å². The third kappa shape index (κ3) is 4.46. The summed E-state index contributed by atoms with van der Waals surface area (Å²) >= 11 is 5.69. The first-order valence-corrected chi connectivity index (χ1v) is 7.75. The monoisotopic (exact) mass is 292 g/mol. The Bertz CT molecular complexity index is 453. The van der Waals surface area contributed by atoms with Gasteiger partial charge in [0.2, 0.25) is 0 Å². The highest BCUT2D eigenvalue weighted by Gasteiger charge is 2.24. The number of hydrogen-bond donors (Lipinski definition) is 0. The Balaban J connectivity index is 1.79. The smallest absolute Gasteiger partial charge is 0.163 e. The second-order valence-electron chi connectivity index (χ2n) is 5.16. The zero-order valence-corrected chi connectivity index (χ0v) is 12.4. The molecule has 0 bridgehead atoms. The molecule has 2 rings (SSSR count). The van der Waals surface area contributed by atoms with E-state index in [-0.39, 0.29) is 11.7 Å². The number of ketones is 1. The average Bonchev–Trinajstić information content (AvgIpc) is 2.49. The van der Waals surface area contributed by atoms with Gasteiger partial charge in [0, 0.05) is 11.8 Å². The normalized spacial score (nSPS) is 18.9. The molecule has 3 heteroatoms. The second kappa shape index (κ2) is 8.23. The molecule has 1 aromatic carbocycles. The number of carbonyl (C=O) groups is 1. The highest BCUT2D eigenvalue weighted by Crippen LogP contribution is 2.24. The Kier molecular flexibility index (Phi) is 6.28. The van der Waals surface area contributed by atoms with Crippen molar-refractivity contribution in [3.63, 3.8) is 0 Å². The number of benzene rings is 1. The number of rotatable bonds is 7. The number of alkyl halides is 1. The topological polar surface area (TPSA) is 26.3 Å². The highest BCUT2D eigenvalue weighted by molar-refractivity contribution is 6.17. The SMILES string of the molecule is O=C1C(CCCCl)=CCCC1COCc1ccccc1. The van der Waals surface area contributed by atoms with Gasteiger partial charge in [0.1, 0.15) is 0 Å². The number of ether oxygens (including phenoxy) is 1. The van der Waals surface area contributed by atoms with Crippen LogP contribution in [0.25, 0.3) is 0 Å². The van der Waals surface area contributed by atoms with E-state index >= 15 is 0 Å². The molecule has 1 aliphatic carbocycles. The summed E-state index contributed by atoms with van der Waals surface area (Å²) in [5.41, 5.74) is 2.10. The van der Waals surface area contributed by atoms with Gasteiger partial charge in [-0.2, -0.15) is 0 Å². The quantitative estimate of drug-likeness (QED) is 0.706. The van der Waals surface area contributed by atoms with Crippen LogP contribution >= 0.6 is 11.6 Å². The van der Waals surface area contributed by atoms with Gasteiger partial charge in [-0.15, -0.1) is 11.6 Å². The van der Waals surface area contributed by atoms with Crippen molar-refractivity contribution >= 4 is 17.4 Å². The van der Waals surface area contributed by atoms with Gasteiger partial charge in [-0.1, -0.05) is 36.4 Å². The molecule has 0 radical (unpaired) electrons. The van der Waals surface area contributed by atoms with Crippen LogP contribution in [0.15, 0.2) is 42.0 Å². The lowest BCUT2D eigenvalue weighted by molar-refractivity contribution is -0.122. The van der Waals surface area contributed by atoms with E-state index in [0.717, 1.165) is 36.8 Å². The Labute approximate surface area is 125 Å². The number of Topliss-reactive ketones (excluding diaryl/α,β-unsaturated/α-hetero) is 1. The summed E-state index contributed by atoms with van der Waals surface area (Å²) < 4.78 is 5.71. The fourth-order valence-electron chi connectivity index (χ4n) is 2.49. The van der Waals surface area contributed by atoms with E-state index in [1.807, 2.05) is 30.3 Å². The van der Waals surface area contributed by atoms with Crippen molar-refractivity contribution in [2.45, 2.75) is 32.3 Å². The molecule has 0 saturated carbocycles.